The maximum atomic E-state index is 12.7. The van der Waals surface area contributed by atoms with Gasteiger partial charge in [0, 0.05) is 100 Å². The molecule has 84 heavy (non-hydrogen) atoms. The van der Waals surface area contributed by atoms with Gasteiger partial charge in [-0.2, -0.15) is 37.0 Å². The lowest BCUT2D eigenvalue weighted by atomic mass is 9.95. The van der Waals surface area contributed by atoms with Crippen molar-refractivity contribution < 1.29 is 87.1 Å². The normalized spacial score (nSPS) is 13.8. The van der Waals surface area contributed by atoms with Crippen molar-refractivity contribution in [3.8, 4) is 0 Å². The van der Waals surface area contributed by atoms with Crippen LogP contribution in [0.15, 0.2) is 4.99 Å². The third kappa shape index (κ3) is 51.2. The Labute approximate surface area is 509 Å². The zero-order valence-electron chi connectivity index (χ0n) is 48.0. The van der Waals surface area contributed by atoms with Crippen LogP contribution in [0.2, 0.25) is 0 Å². The lowest BCUT2D eigenvalue weighted by Gasteiger charge is -2.22. The number of aliphatic imine (C=N–C) groups is 1. The number of carboxylic acid groups (broad SMARTS) is 3. The van der Waals surface area contributed by atoms with Crippen LogP contribution in [0.25, 0.3) is 0 Å². The Kier molecular flexibility index (Phi) is 57.7. The molecule has 9 unspecified atom stereocenters. The van der Waals surface area contributed by atoms with Gasteiger partial charge in [-0.15, -0.1) is 0 Å². The van der Waals surface area contributed by atoms with Gasteiger partial charge < -0.3 is 61.9 Å². The number of Topliss-reactive ketones (excluding diaryl/α,β-unsaturated/α-hetero) is 3. The zero-order chi connectivity index (χ0) is 63.4. The molecule has 0 rings (SSSR count). The Morgan fingerprint density at radius 2 is 0.798 bits per heavy atom. The lowest BCUT2D eigenvalue weighted by molar-refractivity contribution is -0.139. The Morgan fingerprint density at radius 3 is 1.05 bits per heavy atom. The number of unbranched alkanes of at least 4 members (excludes halogenated alkanes) is 3. The summed E-state index contributed by atoms with van der Waals surface area (Å²) in [6.07, 6.45) is 6.89. The molecule has 16 N–H and O–H groups in total. The minimum absolute atomic E-state index is 0. The van der Waals surface area contributed by atoms with Crippen LogP contribution < -0.4 is 44.6 Å². The van der Waals surface area contributed by atoms with Crippen molar-refractivity contribution in [2.75, 3.05) is 43.1 Å². The highest BCUT2D eigenvalue weighted by Gasteiger charge is 2.28. The van der Waals surface area contributed by atoms with E-state index in [1.165, 1.54) is 0 Å². The average Bonchev–Trinajstić information content (AvgIpc) is 3.50. The van der Waals surface area contributed by atoms with E-state index in [-0.39, 0.29) is 139 Å². The van der Waals surface area contributed by atoms with E-state index in [1.807, 2.05) is 6.26 Å². The van der Waals surface area contributed by atoms with Gasteiger partial charge in [-0.1, -0.05) is 20.3 Å². The van der Waals surface area contributed by atoms with E-state index in [2.05, 4.69) is 67.1 Å². The Bertz CT molecular complexity index is 1900. The van der Waals surface area contributed by atoms with Crippen molar-refractivity contribution >= 4 is 116 Å². The van der Waals surface area contributed by atoms with E-state index in [4.69, 9.17) is 44.0 Å². The molecule has 0 radical (unpaired) electrons. The molecule has 30 heteroatoms. The Morgan fingerprint density at radius 1 is 0.500 bits per heavy atom. The van der Waals surface area contributed by atoms with Crippen molar-refractivity contribution in [3.05, 3.63) is 0 Å². The van der Waals surface area contributed by atoms with Crippen molar-refractivity contribution in [2.24, 2.45) is 51.4 Å². The molecule has 9 atom stereocenters. The quantitative estimate of drug-likeness (QED) is 0.0104. The molecule has 0 aliphatic rings. The molecule has 0 bridgehead atoms. The van der Waals surface area contributed by atoms with Crippen LogP contribution in [-0.4, -0.2) is 174 Å². The van der Waals surface area contributed by atoms with Crippen LogP contribution in [0.1, 0.15) is 162 Å². The summed E-state index contributed by atoms with van der Waals surface area (Å²) in [5.41, 5.74) is 27.4. The van der Waals surface area contributed by atoms with Crippen molar-refractivity contribution in [3.63, 3.8) is 0 Å². The second-order valence-electron chi connectivity index (χ2n) is 19.5. The fourth-order valence-electron chi connectivity index (χ4n) is 7.96. The van der Waals surface area contributed by atoms with Gasteiger partial charge >= 0.3 is 17.9 Å². The molecule has 0 saturated carbocycles. The number of carbonyl (C=O) groups is 12. The van der Waals surface area contributed by atoms with Crippen LogP contribution >= 0.6 is 37.0 Å². The summed E-state index contributed by atoms with van der Waals surface area (Å²) >= 11 is 9.83. The van der Waals surface area contributed by atoms with Crippen LogP contribution in [0.4, 0.5) is 0 Å². The van der Waals surface area contributed by atoms with E-state index in [1.54, 1.807) is 11.8 Å². The molecule has 0 aliphatic carbocycles. The molecule has 0 spiro atoms. The number of thioether (sulfide) groups is 1. The van der Waals surface area contributed by atoms with E-state index in [0.717, 1.165) is 25.7 Å². The van der Waals surface area contributed by atoms with Crippen molar-refractivity contribution in [2.45, 2.75) is 198 Å². The van der Waals surface area contributed by atoms with Crippen LogP contribution in [-0.2, 0) is 71.7 Å². The van der Waals surface area contributed by atoms with Gasteiger partial charge in [0.25, 0.3) is 19.4 Å². The van der Waals surface area contributed by atoms with Gasteiger partial charge in [0.2, 0.25) is 17.7 Å². The fourth-order valence-corrected chi connectivity index (χ4v) is 9.10. The molecule has 0 aromatic heterocycles. The molecule has 0 aromatic rings. The van der Waals surface area contributed by atoms with Gasteiger partial charge in [-0.05, 0) is 108 Å². The van der Waals surface area contributed by atoms with E-state index in [0.29, 0.717) is 88.3 Å². The zero-order valence-corrected chi connectivity index (χ0v) is 50.6. The molecular weight excluding hydrogens is 1160 g/mol. The molecule has 27 nitrogen and oxygen atoms in total. The molecule has 3 amide bonds. The first kappa shape index (κ1) is 85.2. The summed E-state index contributed by atoms with van der Waals surface area (Å²) in [6, 6.07) is -1.51. The molecular formula is C54H99N9O18S3. The number of carboxylic acids is 3. The SMILES string of the molecule is C.C=NCCCCC(CC(=O)O)NC(=O)C(CCS)CC(=O)CCC(N)OC=O.CSCCC(CC(=O)CCC(N)OC=O)C(=O)NC(CCCCN)CC(=O)O.NCCCCC(CC(=O)O)NC(=O)C(CCS)CC(=O)CCC(N)OC=O. The number of ketones is 3. The summed E-state index contributed by atoms with van der Waals surface area (Å²) in [7, 11) is 0. The number of carbonyl (C=O) groups excluding carboxylic acids is 9. The molecule has 0 aliphatic heterocycles. The summed E-state index contributed by atoms with van der Waals surface area (Å²) in [5.74, 6) is -4.72. The Hall–Kier alpha value is -5.24. The first-order valence-corrected chi connectivity index (χ1v) is 30.4. The number of hydrogen-bond donors (Lipinski definition) is 13. The largest absolute Gasteiger partial charge is 0.481 e. The summed E-state index contributed by atoms with van der Waals surface area (Å²) in [5, 5.41) is 35.4. The number of amides is 3. The second-order valence-corrected chi connectivity index (χ2v) is 21.4. The number of thiol groups is 2. The number of nitrogens with two attached hydrogens (primary N) is 5. The van der Waals surface area contributed by atoms with Gasteiger partial charge in [-0.25, -0.2) is 0 Å². The van der Waals surface area contributed by atoms with Gasteiger partial charge in [0.1, 0.15) is 17.3 Å². The third-order valence-corrected chi connectivity index (χ3v) is 13.6. The second kappa shape index (κ2) is 56.9. The smallest absolute Gasteiger partial charge is 0.305 e. The highest BCUT2D eigenvalue weighted by molar-refractivity contribution is 7.98. The topological polar surface area (TPSA) is 472 Å². The molecule has 0 fully saturated rings. The fraction of sp³-hybridized carbons (Fsp3) is 0.759. The van der Waals surface area contributed by atoms with Gasteiger partial charge in [-0.3, -0.25) is 74.7 Å². The first-order valence-electron chi connectivity index (χ1n) is 27.7. The maximum absolute atomic E-state index is 12.7. The highest BCUT2D eigenvalue weighted by Crippen LogP contribution is 2.19. The molecule has 486 valence electrons. The maximum Gasteiger partial charge on any atom is 0.305 e. The van der Waals surface area contributed by atoms with Crippen LogP contribution in [0.5, 0.6) is 0 Å². The first-order chi connectivity index (χ1) is 39.5. The average molecular weight is 1260 g/mol. The summed E-state index contributed by atoms with van der Waals surface area (Å²) in [6.45, 7) is 5.67. The van der Waals surface area contributed by atoms with Crippen molar-refractivity contribution in [1.29, 1.82) is 0 Å². The molecule has 0 heterocycles. The molecule has 0 aromatic carbocycles. The third-order valence-electron chi connectivity index (χ3n) is 12.4. The molecule has 0 saturated heterocycles. The number of hydrogen-bond acceptors (Lipinski definition) is 24. The van der Waals surface area contributed by atoms with E-state index >= 15 is 0 Å². The van der Waals surface area contributed by atoms with Gasteiger partial charge in [0.05, 0.1) is 19.3 Å². The number of ether oxygens (including phenoxy) is 3. The van der Waals surface area contributed by atoms with E-state index < -0.39 is 72.5 Å². The highest BCUT2D eigenvalue weighted by atomic mass is 32.2. The summed E-state index contributed by atoms with van der Waals surface area (Å²) in [4.78, 5) is 142. The number of nitrogens with zero attached hydrogens (tertiary/aromatic N) is 1. The standard InChI is InChI=1S/C18H31N3O6S.C18H33N3O6S.C17H31N3O6S.CH4/c1-20-8-3-2-4-14(11-17(24)25)21-18(26)13(7-9-28)10-15(23)5-6-16(19)27-12-22;1-28-9-7-13(10-15(23)5-6-16(20)27-12-22)18(26)21-14(11-17(24)25)4-2-3-8-19;18-7-2-1-3-13(10-16(23)24)20-17(25)12(6-8-27)9-14(22)4-5-15(19)26-11-21;/h12-14,16,28H,1-11,19H2,(H,21,26)(H,24,25);12-14,16H,2-11,19-20H2,1H3,(H,21,26)(H,24,25);11-13,15,27H,1-10,18-19H2,(H,20,25)(H,23,24);1H4. The minimum atomic E-state index is -1.00. The lowest BCUT2D eigenvalue weighted by Crippen LogP contribution is -2.41. The predicted molar refractivity (Wildman–Crippen MR) is 326 cm³/mol. The van der Waals surface area contributed by atoms with Crippen molar-refractivity contribution in [1.82, 2.24) is 16.0 Å². The Balaban J connectivity index is -0.000000568. The number of rotatable bonds is 53. The monoisotopic (exact) mass is 1260 g/mol. The van der Waals surface area contributed by atoms with Crippen LogP contribution in [0.3, 0.4) is 0 Å². The predicted octanol–water partition coefficient (Wildman–Crippen LogP) is 2.44. The number of nitrogens with one attached hydrogen (secondary N) is 3. The summed E-state index contributed by atoms with van der Waals surface area (Å²) < 4.78 is 13.6. The number of aliphatic carboxylic acids is 3. The van der Waals surface area contributed by atoms with Crippen LogP contribution in [0, 0.1) is 17.8 Å². The van der Waals surface area contributed by atoms with E-state index in [9.17, 15) is 57.5 Å². The van der Waals surface area contributed by atoms with Gasteiger partial charge in [0.15, 0.2) is 18.7 Å². The minimum Gasteiger partial charge on any atom is -0.481 e.